The summed E-state index contributed by atoms with van der Waals surface area (Å²) in [6, 6.07) is 14.3. The molecule has 2 aromatic carbocycles. The molecule has 0 bridgehead atoms. The molecule has 2 rings (SSSR count). The highest BCUT2D eigenvalue weighted by Crippen LogP contribution is 2.22. The number of hydrogen-bond donors (Lipinski definition) is 3. The van der Waals surface area contributed by atoms with Gasteiger partial charge >= 0.3 is 0 Å². The van der Waals surface area contributed by atoms with Gasteiger partial charge in [-0.2, -0.15) is 0 Å². The zero-order valence-corrected chi connectivity index (χ0v) is 15.3. The molecular weight excluding hydrogens is 338 g/mol. The van der Waals surface area contributed by atoms with E-state index in [4.69, 9.17) is 11.6 Å². The summed E-state index contributed by atoms with van der Waals surface area (Å²) in [4.78, 5) is 12.2. The van der Waals surface area contributed by atoms with E-state index in [1.165, 1.54) is 0 Å². The molecule has 0 aliphatic rings. The van der Waals surface area contributed by atoms with E-state index in [-0.39, 0.29) is 12.5 Å². The Morgan fingerprint density at radius 2 is 1.80 bits per heavy atom. The second-order valence-corrected chi connectivity index (χ2v) is 7.16. The lowest BCUT2D eigenvalue weighted by molar-refractivity contribution is 0.0713. The SMILES string of the molecule is CC(C)(O)CCc1ccc(C(=O)NCC(O)c2ccccc2Cl)cc1. The van der Waals surface area contributed by atoms with Crippen LogP contribution >= 0.6 is 11.6 Å². The van der Waals surface area contributed by atoms with E-state index in [9.17, 15) is 15.0 Å². The van der Waals surface area contributed by atoms with Gasteiger partial charge in [0.25, 0.3) is 5.91 Å². The quantitative estimate of drug-likeness (QED) is 0.706. The van der Waals surface area contributed by atoms with Crippen LogP contribution in [-0.4, -0.2) is 28.3 Å². The zero-order chi connectivity index (χ0) is 18.4. The molecule has 1 amide bonds. The Bertz CT molecular complexity index is 708. The first-order chi connectivity index (χ1) is 11.8. The van der Waals surface area contributed by atoms with Gasteiger partial charge in [0, 0.05) is 22.7 Å². The topological polar surface area (TPSA) is 69.6 Å². The lowest BCUT2D eigenvalue weighted by Gasteiger charge is -2.16. The molecule has 0 saturated heterocycles. The van der Waals surface area contributed by atoms with E-state index in [1.54, 1.807) is 50.2 Å². The highest BCUT2D eigenvalue weighted by atomic mass is 35.5. The number of halogens is 1. The van der Waals surface area contributed by atoms with Gasteiger partial charge in [-0.1, -0.05) is 41.9 Å². The molecule has 1 atom stereocenters. The largest absolute Gasteiger partial charge is 0.390 e. The second kappa shape index (κ2) is 8.48. The first-order valence-corrected chi connectivity index (χ1v) is 8.66. The summed E-state index contributed by atoms with van der Waals surface area (Å²) in [5, 5.41) is 23.1. The molecule has 4 nitrogen and oxygen atoms in total. The van der Waals surface area contributed by atoms with Gasteiger partial charge in [0.2, 0.25) is 0 Å². The molecule has 3 N–H and O–H groups in total. The van der Waals surface area contributed by atoms with E-state index in [2.05, 4.69) is 5.32 Å². The maximum absolute atomic E-state index is 12.2. The third kappa shape index (κ3) is 6.16. The first-order valence-electron chi connectivity index (χ1n) is 8.28. The maximum Gasteiger partial charge on any atom is 0.251 e. The van der Waals surface area contributed by atoms with Crippen molar-refractivity contribution in [2.45, 2.75) is 38.4 Å². The number of aliphatic hydroxyl groups is 2. The molecule has 0 radical (unpaired) electrons. The molecule has 0 saturated carbocycles. The van der Waals surface area contributed by atoms with Gasteiger partial charge in [-0.3, -0.25) is 4.79 Å². The second-order valence-electron chi connectivity index (χ2n) is 6.76. The lowest BCUT2D eigenvalue weighted by atomic mass is 9.98. The van der Waals surface area contributed by atoms with Crippen molar-refractivity contribution in [2.24, 2.45) is 0 Å². The van der Waals surface area contributed by atoms with Gasteiger partial charge in [0.15, 0.2) is 0 Å². The Kier molecular flexibility index (Phi) is 6.59. The summed E-state index contributed by atoms with van der Waals surface area (Å²) in [6.45, 7) is 3.64. The Balaban J connectivity index is 1.89. The molecule has 0 spiro atoms. The fourth-order valence-electron chi connectivity index (χ4n) is 2.42. The molecule has 0 aliphatic heterocycles. The molecule has 0 fully saturated rings. The highest BCUT2D eigenvalue weighted by molar-refractivity contribution is 6.31. The van der Waals surface area contributed by atoms with E-state index < -0.39 is 11.7 Å². The fraction of sp³-hybridized carbons (Fsp3) is 0.350. The number of carbonyl (C=O) groups is 1. The van der Waals surface area contributed by atoms with Crippen LogP contribution in [-0.2, 0) is 6.42 Å². The first kappa shape index (κ1) is 19.4. The van der Waals surface area contributed by atoms with Crippen LogP contribution in [0.25, 0.3) is 0 Å². The Morgan fingerprint density at radius 1 is 1.16 bits per heavy atom. The average molecular weight is 362 g/mol. The van der Waals surface area contributed by atoms with Crippen LogP contribution < -0.4 is 5.32 Å². The number of rotatable bonds is 7. The standard InChI is InChI=1S/C20H24ClNO3/c1-20(2,25)12-11-14-7-9-15(10-8-14)19(24)22-13-18(23)16-5-3-4-6-17(16)21/h3-10,18,23,25H,11-13H2,1-2H3,(H,22,24). The minimum atomic E-state index is -0.858. The van der Waals surface area contributed by atoms with E-state index in [0.717, 1.165) is 12.0 Å². The predicted molar refractivity (Wildman–Crippen MR) is 99.8 cm³/mol. The number of carbonyl (C=O) groups excluding carboxylic acids is 1. The van der Waals surface area contributed by atoms with Crippen molar-refractivity contribution in [3.63, 3.8) is 0 Å². The summed E-state index contributed by atoms with van der Waals surface area (Å²) in [7, 11) is 0. The number of aryl methyl sites for hydroxylation is 1. The van der Waals surface area contributed by atoms with Gasteiger partial charge in [0.05, 0.1) is 11.7 Å². The van der Waals surface area contributed by atoms with Gasteiger partial charge in [-0.05, 0) is 50.5 Å². The van der Waals surface area contributed by atoms with Crippen molar-refractivity contribution < 1.29 is 15.0 Å². The molecule has 0 aromatic heterocycles. The van der Waals surface area contributed by atoms with Crippen LogP contribution in [0.2, 0.25) is 5.02 Å². The number of aliphatic hydroxyl groups excluding tert-OH is 1. The smallest absolute Gasteiger partial charge is 0.251 e. The molecule has 25 heavy (non-hydrogen) atoms. The summed E-state index contributed by atoms with van der Waals surface area (Å²) < 4.78 is 0. The van der Waals surface area contributed by atoms with Crippen molar-refractivity contribution >= 4 is 17.5 Å². The Morgan fingerprint density at radius 3 is 2.40 bits per heavy atom. The van der Waals surface area contributed by atoms with Crippen LogP contribution in [0.5, 0.6) is 0 Å². The molecule has 2 aromatic rings. The normalized spacial score (nSPS) is 12.7. The lowest BCUT2D eigenvalue weighted by Crippen LogP contribution is -2.28. The molecule has 134 valence electrons. The van der Waals surface area contributed by atoms with Crippen LogP contribution in [0.15, 0.2) is 48.5 Å². The number of benzene rings is 2. The van der Waals surface area contributed by atoms with Crippen molar-refractivity contribution in [3.05, 3.63) is 70.2 Å². The van der Waals surface area contributed by atoms with Gasteiger partial charge < -0.3 is 15.5 Å². The highest BCUT2D eigenvalue weighted by Gasteiger charge is 2.14. The predicted octanol–water partition coefficient (Wildman–Crippen LogP) is 3.51. The fourth-order valence-corrected chi connectivity index (χ4v) is 2.68. The Hall–Kier alpha value is -1.88. The van der Waals surface area contributed by atoms with Crippen molar-refractivity contribution in [3.8, 4) is 0 Å². The molecule has 0 aliphatic carbocycles. The maximum atomic E-state index is 12.2. The van der Waals surface area contributed by atoms with E-state index >= 15 is 0 Å². The zero-order valence-electron chi connectivity index (χ0n) is 14.5. The third-order valence-electron chi connectivity index (χ3n) is 3.96. The minimum absolute atomic E-state index is 0.0863. The van der Waals surface area contributed by atoms with Gasteiger partial charge in [-0.15, -0.1) is 0 Å². The number of nitrogens with one attached hydrogen (secondary N) is 1. The molecule has 0 heterocycles. The van der Waals surface area contributed by atoms with Crippen molar-refractivity contribution in [1.82, 2.24) is 5.32 Å². The molecular formula is C20H24ClNO3. The molecule has 1 unspecified atom stereocenters. The third-order valence-corrected chi connectivity index (χ3v) is 4.31. The molecule has 5 heteroatoms. The monoisotopic (exact) mass is 361 g/mol. The van der Waals surface area contributed by atoms with Gasteiger partial charge in [-0.25, -0.2) is 0 Å². The number of hydrogen-bond acceptors (Lipinski definition) is 3. The van der Waals surface area contributed by atoms with Crippen molar-refractivity contribution in [1.29, 1.82) is 0 Å². The van der Waals surface area contributed by atoms with Crippen molar-refractivity contribution in [2.75, 3.05) is 6.54 Å². The van der Waals surface area contributed by atoms with Crippen LogP contribution in [0, 0.1) is 0 Å². The number of amides is 1. The van der Waals surface area contributed by atoms with E-state index in [1.807, 2.05) is 12.1 Å². The van der Waals surface area contributed by atoms with Crippen LogP contribution in [0.3, 0.4) is 0 Å². The summed E-state index contributed by atoms with van der Waals surface area (Å²) in [6.07, 6.45) is 0.544. The van der Waals surface area contributed by atoms with Crippen LogP contribution in [0.4, 0.5) is 0 Å². The van der Waals surface area contributed by atoms with E-state index in [0.29, 0.717) is 22.6 Å². The minimum Gasteiger partial charge on any atom is -0.390 e. The average Bonchev–Trinajstić information content (AvgIpc) is 2.58. The van der Waals surface area contributed by atoms with Gasteiger partial charge in [0.1, 0.15) is 0 Å². The summed E-state index contributed by atoms with van der Waals surface area (Å²) in [5.74, 6) is -0.250. The summed E-state index contributed by atoms with van der Waals surface area (Å²) >= 11 is 6.04. The Labute approximate surface area is 153 Å². The van der Waals surface area contributed by atoms with Crippen LogP contribution in [0.1, 0.15) is 47.9 Å². The summed E-state index contributed by atoms with van der Waals surface area (Å²) in [5.41, 5.74) is 1.48.